The Morgan fingerprint density at radius 3 is 1.30 bits per heavy atom. The molecule has 0 unspecified atom stereocenters. The number of hydrogen-bond donors (Lipinski definition) is 0. The van der Waals surface area contributed by atoms with Gasteiger partial charge in [-0.2, -0.15) is 0 Å². The summed E-state index contributed by atoms with van der Waals surface area (Å²) in [6, 6.07) is 83.5. The normalized spacial score (nSPS) is 12.3. The van der Waals surface area contributed by atoms with Gasteiger partial charge in [0.25, 0.3) is 0 Å². The Balaban J connectivity index is 0.000000122. The zero-order chi connectivity index (χ0) is 48.2. The standard InChI is InChI=1S/2C35H20N2/c1-2-7-21(8-3-1)22-14-16-23(17-15-22)24-9-4-11-27-28-18-19-29-32-31-25(26-12-6-20-36-33(26)29)10-5-13-30(31)37(34(24)27)35(28)32;1-2-8-21(9-3-1)22-16-18-23(19-17-22)24-12-6-14-28-29-20-36-33-27-11-5-4-10-25(27)26-13-7-15-30-31(26)32(33)35(29)37(30)34(24)28/h2*1-20H. The van der Waals surface area contributed by atoms with Crippen molar-refractivity contribution in [1.29, 1.82) is 0 Å². The molecule has 0 amide bonds. The zero-order valence-corrected chi connectivity index (χ0v) is 39.9. The highest BCUT2D eigenvalue weighted by Crippen LogP contribution is 2.50. The molecule has 0 aliphatic carbocycles. The predicted molar refractivity (Wildman–Crippen MR) is 312 cm³/mol. The molecular weight excluding hydrogens is 897 g/mol. The second-order valence-corrected chi connectivity index (χ2v) is 19.9. The maximum Gasteiger partial charge on any atom is 0.0809 e. The molecule has 4 nitrogen and oxygen atoms in total. The summed E-state index contributed by atoms with van der Waals surface area (Å²) in [5.74, 6) is 0. The number of rotatable bonds is 4. The summed E-state index contributed by atoms with van der Waals surface area (Å²) < 4.78 is 5.00. The van der Waals surface area contributed by atoms with E-state index in [0.717, 1.165) is 11.0 Å². The molecule has 0 atom stereocenters. The van der Waals surface area contributed by atoms with Gasteiger partial charge < -0.3 is 8.80 Å². The van der Waals surface area contributed by atoms with Gasteiger partial charge in [-0.1, -0.05) is 212 Å². The maximum atomic E-state index is 5.07. The molecule has 74 heavy (non-hydrogen) atoms. The van der Waals surface area contributed by atoms with E-state index in [4.69, 9.17) is 9.97 Å². The maximum absolute atomic E-state index is 5.07. The van der Waals surface area contributed by atoms with E-state index in [1.165, 1.54) is 153 Å². The number of fused-ring (bicyclic) bond motifs is 14. The Bertz CT molecular complexity index is 4880. The highest BCUT2D eigenvalue weighted by molar-refractivity contribution is 6.40. The topological polar surface area (TPSA) is 34.6 Å². The molecule has 340 valence electrons. The average molecular weight is 937 g/mol. The van der Waals surface area contributed by atoms with Crippen molar-refractivity contribution >= 4 is 120 Å². The van der Waals surface area contributed by atoms with Crippen molar-refractivity contribution < 1.29 is 0 Å². The minimum absolute atomic E-state index is 1.08. The first kappa shape index (κ1) is 39.8. The lowest BCUT2D eigenvalue weighted by Gasteiger charge is -2.09. The van der Waals surface area contributed by atoms with Gasteiger partial charge in [0, 0.05) is 82.8 Å². The average Bonchev–Trinajstić information content (AvgIpc) is 4.23. The van der Waals surface area contributed by atoms with Crippen LogP contribution >= 0.6 is 0 Å². The molecule has 0 saturated heterocycles. The molecule has 18 aromatic rings. The number of hydrogen-bond acceptors (Lipinski definition) is 2. The van der Waals surface area contributed by atoms with Gasteiger partial charge in [-0.15, -0.1) is 0 Å². The molecule has 0 aliphatic heterocycles. The van der Waals surface area contributed by atoms with Crippen molar-refractivity contribution in [3.63, 3.8) is 0 Å². The fourth-order valence-corrected chi connectivity index (χ4v) is 13.2. The summed E-state index contributed by atoms with van der Waals surface area (Å²) in [7, 11) is 0. The SMILES string of the molecule is c1ccc(-c2ccc(-c3cccc4c5ccc6c7ncccc7c7cccc8c7c6c5n8c34)cc2)cc1.c1ccc(-c2ccc(-c3cccc4c5cnc6c7ccccc7c7cccc8c7c6c5n8c34)cc2)cc1. The van der Waals surface area contributed by atoms with E-state index in [2.05, 4.69) is 239 Å². The molecule has 0 N–H and O–H groups in total. The Hall–Kier alpha value is -9.90. The van der Waals surface area contributed by atoms with Crippen LogP contribution in [0.5, 0.6) is 0 Å². The fraction of sp³-hybridized carbons (Fsp3) is 0. The quantitative estimate of drug-likeness (QED) is 0.165. The molecule has 0 aliphatic rings. The smallest absolute Gasteiger partial charge is 0.0809 e. The van der Waals surface area contributed by atoms with E-state index in [-0.39, 0.29) is 0 Å². The van der Waals surface area contributed by atoms with Gasteiger partial charge in [-0.3, -0.25) is 9.97 Å². The third-order valence-electron chi connectivity index (χ3n) is 16.3. The van der Waals surface area contributed by atoms with Crippen LogP contribution in [0, 0.1) is 0 Å². The van der Waals surface area contributed by atoms with Crippen molar-refractivity contribution in [1.82, 2.24) is 18.8 Å². The third kappa shape index (κ3) is 5.25. The first-order chi connectivity index (χ1) is 36.8. The second-order valence-electron chi connectivity index (χ2n) is 19.9. The number of nitrogens with zero attached hydrogens (tertiary/aromatic N) is 4. The van der Waals surface area contributed by atoms with Gasteiger partial charge in [-0.05, 0) is 67.7 Å². The van der Waals surface area contributed by atoms with Crippen LogP contribution in [0.4, 0.5) is 0 Å². The summed E-state index contributed by atoms with van der Waals surface area (Å²) in [6.45, 7) is 0. The first-order valence-electron chi connectivity index (χ1n) is 25.5. The highest BCUT2D eigenvalue weighted by atomic mass is 14.9. The van der Waals surface area contributed by atoms with Gasteiger partial charge in [-0.25, -0.2) is 0 Å². The number of para-hydroxylation sites is 2. The zero-order valence-electron chi connectivity index (χ0n) is 39.9. The van der Waals surface area contributed by atoms with Crippen molar-refractivity contribution in [3.05, 3.63) is 243 Å². The molecule has 0 saturated carbocycles. The van der Waals surface area contributed by atoms with Crippen LogP contribution in [0.2, 0.25) is 0 Å². The second kappa shape index (κ2) is 14.8. The van der Waals surface area contributed by atoms with Crippen LogP contribution in [0.15, 0.2) is 243 Å². The first-order valence-corrected chi connectivity index (χ1v) is 25.5. The molecule has 0 fully saturated rings. The van der Waals surface area contributed by atoms with E-state index in [1.807, 2.05) is 12.3 Å². The molecular formula is C70H40N4. The van der Waals surface area contributed by atoms with Crippen LogP contribution in [0.1, 0.15) is 0 Å². The number of aromatic nitrogens is 4. The number of pyridine rings is 2. The molecule has 4 heteroatoms. The molecule has 12 aromatic carbocycles. The summed E-state index contributed by atoms with van der Waals surface area (Å²) in [5.41, 5.74) is 19.7. The lowest BCUT2D eigenvalue weighted by Crippen LogP contribution is -1.87. The van der Waals surface area contributed by atoms with Gasteiger partial charge in [0.2, 0.25) is 0 Å². The summed E-state index contributed by atoms with van der Waals surface area (Å²) >= 11 is 0. The molecule has 0 radical (unpaired) electrons. The van der Waals surface area contributed by atoms with Crippen molar-refractivity contribution in [2.45, 2.75) is 0 Å². The van der Waals surface area contributed by atoms with Gasteiger partial charge in [0.05, 0.1) is 44.1 Å². The molecule has 18 rings (SSSR count). The molecule has 6 aromatic heterocycles. The lowest BCUT2D eigenvalue weighted by molar-refractivity contribution is 1.37. The third-order valence-corrected chi connectivity index (χ3v) is 16.3. The Labute approximate surface area is 423 Å². The van der Waals surface area contributed by atoms with Crippen molar-refractivity contribution in [2.24, 2.45) is 0 Å². The molecule has 0 spiro atoms. The van der Waals surface area contributed by atoms with Gasteiger partial charge >= 0.3 is 0 Å². The Morgan fingerprint density at radius 1 is 0.230 bits per heavy atom. The van der Waals surface area contributed by atoms with Gasteiger partial charge in [0.15, 0.2) is 0 Å². The van der Waals surface area contributed by atoms with Gasteiger partial charge in [0.1, 0.15) is 0 Å². The summed E-state index contributed by atoms with van der Waals surface area (Å²) in [4.78, 5) is 9.90. The van der Waals surface area contributed by atoms with Crippen LogP contribution in [-0.2, 0) is 0 Å². The monoisotopic (exact) mass is 936 g/mol. The summed E-state index contributed by atoms with van der Waals surface area (Å²) in [6.07, 6.45) is 4.00. The predicted octanol–water partition coefficient (Wildman–Crippen LogP) is 18.6. The van der Waals surface area contributed by atoms with E-state index in [0.29, 0.717) is 0 Å². The van der Waals surface area contributed by atoms with Crippen LogP contribution in [0.3, 0.4) is 0 Å². The molecule has 0 bridgehead atoms. The van der Waals surface area contributed by atoms with Crippen LogP contribution in [-0.4, -0.2) is 18.8 Å². The van der Waals surface area contributed by atoms with E-state index < -0.39 is 0 Å². The van der Waals surface area contributed by atoms with E-state index in [9.17, 15) is 0 Å². The minimum atomic E-state index is 1.08. The summed E-state index contributed by atoms with van der Waals surface area (Å²) in [5, 5.41) is 17.9. The molecule has 6 heterocycles. The lowest BCUT2D eigenvalue weighted by atomic mass is 9.95. The number of benzene rings is 12. The Kier molecular flexibility index (Phi) is 7.97. The van der Waals surface area contributed by atoms with Crippen LogP contribution in [0.25, 0.3) is 164 Å². The highest BCUT2D eigenvalue weighted by Gasteiger charge is 2.26. The fourth-order valence-electron chi connectivity index (χ4n) is 13.2. The minimum Gasteiger partial charge on any atom is -0.307 e. The largest absolute Gasteiger partial charge is 0.307 e. The van der Waals surface area contributed by atoms with Crippen molar-refractivity contribution in [3.8, 4) is 44.5 Å². The van der Waals surface area contributed by atoms with E-state index >= 15 is 0 Å². The van der Waals surface area contributed by atoms with E-state index in [1.54, 1.807) is 0 Å². The Morgan fingerprint density at radius 2 is 0.662 bits per heavy atom. The van der Waals surface area contributed by atoms with Crippen molar-refractivity contribution in [2.75, 3.05) is 0 Å². The van der Waals surface area contributed by atoms with Crippen LogP contribution < -0.4 is 0 Å².